The van der Waals surface area contributed by atoms with E-state index in [4.69, 9.17) is 0 Å². The SMILES string of the molecule is Oc1cc(CNCc2c(F)cc(Br)cc2F)cc2sccc12. The van der Waals surface area contributed by atoms with Crippen LogP contribution in [0.5, 0.6) is 5.75 Å². The predicted octanol–water partition coefficient (Wildman–Crippen LogP) is 4.94. The average Bonchev–Trinajstić information content (AvgIpc) is 2.90. The topological polar surface area (TPSA) is 32.3 Å². The summed E-state index contributed by atoms with van der Waals surface area (Å²) in [7, 11) is 0. The third-order valence-electron chi connectivity index (χ3n) is 3.35. The van der Waals surface area contributed by atoms with E-state index in [0.29, 0.717) is 11.0 Å². The molecule has 0 spiro atoms. The van der Waals surface area contributed by atoms with Gasteiger partial charge in [0.2, 0.25) is 0 Å². The monoisotopic (exact) mass is 383 g/mol. The van der Waals surface area contributed by atoms with Crippen LogP contribution in [0.15, 0.2) is 40.2 Å². The van der Waals surface area contributed by atoms with Crippen LogP contribution in [-0.2, 0) is 13.1 Å². The van der Waals surface area contributed by atoms with Gasteiger partial charge in [0.1, 0.15) is 17.4 Å². The van der Waals surface area contributed by atoms with Gasteiger partial charge in [-0.15, -0.1) is 11.3 Å². The summed E-state index contributed by atoms with van der Waals surface area (Å²) in [5.74, 6) is -0.955. The van der Waals surface area contributed by atoms with E-state index in [9.17, 15) is 13.9 Å². The molecule has 1 heterocycles. The van der Waals surface area contributed by atoms with Crippen LogP contribution in [0.2, 0.25) is 0 Å². The zero-order valence-electron chi connectivity index (χ0n) is 11.4. The normalized spacial score (nSPS) is 11.2. The molecule has 0 fully saturated rings. The van der Waals surface area contributed by atoms with Crippen LogP contribution in [0.3, 0.4) is 0 Å². The van der Waals surface area contributed by atoms with E-state index in [1.807, 2.05) is 17.5 Å². The second-order valence-electron chi connectivity index (χ2n) is 4.90. The van der Waals surface area contributed by atoms with Crippen molar-refractivity contribution in [3.8, 4) is 5.75 Å². The highest BCUT2D eigenvalue weighted by atomic mass is 79.9. The number of thiophene rings is 1. The van der Waals surface area contributed by atoms with Gasteiger partial charge in [-0.2, -0.15) is 0 Å². The average molecular weight is 384 g/mol. The van der Waals surface area contributed by atoms with Crippen LogP contribution >= 0.6 is 27.3 Å². The van der Waals surface area contributed by atoms with Crippen LogP contribution in [0, 0.1) is 11.6 Å². The van der Waals surface area contributed by atoms with Crippen LogP contribution in [0.1, 0.15) is 11.1 Å². The van der Waals surface area contributed by atoms with Gasteiger partial charge in [0.15, 0.2) is 0 Å². The summed E-state index contributed by atoms with van der Waals surface area (Å²) in [5.41, 5.74) is 0.870. The fourth-order valence-corrected chi connectivity index (χ4v) is 3.55. The van der Waals surface area contributed by atoms with E-state index in [-0.39, 0.29) is 17.9 Å². The van der Waals surface area contributed by atoms with Gasteiger partial charge in [-0.3, -0.25) is 0 Å². The summed E-state index contributed by atoms with van der Waals surface area (Å²) < 4.78 is 28.8. The predicted molar refractivity (Wildman–Crippen MR) is 88.1 cm³/mol. The van der Waals surface area contributed by atoms with E-state index in [1.54, 1.807) is 6.07 Å². The van der Waals surface area contributed by atoms with Gasteiger partial charge in [0.25, 0.3) is 0 Å². The number of hydrogen-bond donors (Lipinski definition) is 2. The molecule has 2 aromatic carbocycles. The molecule has 0 aliphatic carbocycles. The molecule has 3 rings (SSSR count). The molecule has 0 aliphatic heterocycles. The van der Waals surface area contributed by atoms with Crippen LogP contribution in [-0.4, -0.2) is 5.11 Å². The number of halogens is 3. The van der Waals surface area contributed by atoms with Crippen molar-refractivity contribution >= 4 is 37.4 Å². The summed E-state index contributed by atoms with van der Waals surface area (Å²) in [6.07, 6.45) is 0. The Morgan fingerprint density at radius 1 is 1.09 bits per heavy atom. The Morgan fingerprint density at radius 2 is 1.82 bits per heavy atom. The lowest BCUT2D eigenvalue weighted by atomic mass is 10.1. The third kappa shape index (κ3) is 3.14. The van der Waals surface area contributed by atoms with Crippen molar-refractivity contribution in [3.63, 3.8) is 0 Å². The largest absolute Gasteiger partial charge is 0.507 e. The highest BCUT2D eigenvalue weighted by molar-refractivity contribution is 9.10. The van der Waals surface area contributed by atoms with Crippen LogP contribution in [0.25, 0.3) is 10.1 Å². The third-order valence-corrected chi connectivity index (χ3v) is 4.67. The summed E-state index contributed by atoms with van der Waals surface area (Å²) in [5, 5.41) is 15.7. The molecule has 0 unspecified atom stereocenters. The number of nitrogens with one attached hydrogen (secondary N) is 1. The minimum atomic E-state index is -0.587. The molecule has 1 aromatic heterocycles. The Bertz CT molecular complexity index is 811. The summed E-state index contributed by atoms with van der Waals surface area (Å²) in [4.78, 5) is 0. The molecule has 2 N–H and O–H groups in total. The Hall–Kier alpha value is -1.50. The van der Waals surface area contributed by atoms with Gasteiger partial charge < -0.3 is 10.4 Å². The second kappa shape index (κ2) is 6.32. The molecule has 0 saturated heterocycles. The lowest BCUT2D eigenvalue weighted by molar-refractivity contribution is 0.480. The molecule has 0 atom stereocenters. The second-order valence-corrected chi connectivity index (χ2v) is 6.76. The number of phenolic OH excluding ortho intramolecular Hbond substituents is 1. The first kappa shape index (κ1) is 15.4. The Balaban J connectivity index is 1.72. The summed E-state index contributed by atoms with van der Waals surface area (Å²) in [6, 6.07) is 7.96. The maximum atomic E-state index is 13.7. The Morgan fingerprint density at radius 3 is 2.55 bits per heavy atom. The van der Waals surface area contributed by atoms with Crippen LogP contribution in [0.4, 0.5) is 8.78 Å². The molecule has 0 bridgehead atoms. The number of benzene rings is 2. The number of phenols is 1. The lowest BCUT2D eigenvalue weighted by Crippen LogP contribution is -2.15. The standard InChI is InChI=1S/C16H12BrF2NOS/c17-10-5-13(18)12(14(19)6-10)8-20-7-9-3-15(21)11-1-2-22-16(11)4-9/h1-6,20-21H,7-8H2. The van der Waals surface area contributed by atoms with Crippen molar-refractivity contribution in [1.82, 2.24) is 5.32 Å². The minimum Gasteiger partial charge on any atom is -0.507 e. The fourth-order valence-electron chi connectivity index (χ4n) is 2.28. The molecular weight excluding hydrogens is 372 g/mol. The van der Waals surface area contributed by atoms with Crippen molar-refractivity contribution in [2.24, 2.45) is 0 Å². The van der Waals surface area contributed by atoms with Gasteiger partial charge >= 0.3 is 0 Å². The summed E-state index contributed by atoms with van der Waals surface area (Å²) in [6.45, 7) is 0.491. The molecule has 114 valence electrons. The molecule has 3 aromatic rings. The van der Waals surface area contributed by atoms with Crippen molar-refractivity contribution in [2.75, 3.05) is 0 Å². The molecule has 0 amide bonds. The molecule has 6 heteroatoms. The number of fused-ring (bicyclic) bond motifs is 1. The highest BCUT2D eigenvalue weighted by Crippen LogP contribution is 2.30. The van der Waals surface area contributed by atoms with Crippen molar-refractivity contribution in [2.45, 2.75) is 13.1 Å². The smallest absolute Gasteiger partial charge is 0.131 e. The first-order chi connectivity index (χ1) is 10.5. The molecule has 0 saturated carbocycles. The number of hydrogen-bond acceptors (Lipinski definition) is 3. The molecule has 2 nitrogen and oxygen atoms in total. The fraction of sp³-hybridized carbons (Fsp3) is 0.125. The quantitative estimate of drug-likeness (QED) is 0.668. The van der Waals surface area contributed by atoms with Gasteiger partial charge in [-0.1, -0.05) is 15.9 Å². The zero-order valence-corrected chi connectivity index (χ0v) is 13.8. The van der Waals surface area contributed by atoms with Crippen molar-refractivity contribution in [1.29, 1.82) is 0 Å². The Labute approximate surface area is 138 Å². The van der Waals surface area contributed by atoms with Gasteiger partial charge in [0, 0.05) is 33.2 Å². The maximum Gasteiger partial charge on any atom is 0.131 e. The molecule has 0 aliphatic rings. The van der Waals surface area contributed by atoms with E-state index in [1.165, 1.54) is 23.5 Å². The highest BCUT2D eigenvalue weighted by Gasteiger charge is 2.10. The lowest BCUT2D eigenvalue weighted by Gasteiger charge is -2.09. The number of rotatable bonds is 4. The maximum absolute atomic E-state index is 13.7. The number of aromatic hydroxyl groups is 1. The van der Waals surface area contributed by atoms with Crippen LogP contribution < -0.4 is 5.32 Å². The van der Waals surface area contributed by atoms with E-state index >= 15 is 0 Å². The molecular formula is C16H12BrF2NOS. The van der Waals surface area contributed by atoms with E-state index < -0.39 is 11.6 Å². The molecule has 22 heavy (non-hydrogen) atoms. The van der Waals surface area contributed by atoms with Gasteiger partial charge in [-0.05, 0) is 41.3 Å². The summed E-state index contributed by atoms with van der Waals surface area (Å²) >= 11 is 4.59. The van der Waals surface area contributed by atoms with Crippen molar-refractivity contribution in [3.05, 3.63) is 62.9 Å². The Kier molecular flexibility index (Phi) is 4.42. The van der Waals surface area contributed by atoms with Crippen molar-refractivity contribution < 1.29 is 13.9 Å². The molecule has 0 radical (unpaired) electrons. The van der Waals surface area contributed by atoms with E-state index in [2.05, 4.69) is 21.2 Å². The first-order valence-electron chi connectivity index (χ1n) is 6.58. The first-order valence-corrected chi connectivity index (χ1v) is 8.25. The van der Waals surface area contributed by atoms with Gasteiger partial charge in [0.05, 0.1) is 0 Å². The minimum absolute atomic E-state index is 0.00428. The zero-order chi connectivity index (χ0) is 15.7. The van der Waals surface area contributed by atoms with Gasteiger partial charge in [-0.25, -0.2) is 8.78 Å². The van der Waals surface area contributed by atoms with E-state index in [0.717, 1.165) is 15.6 Å².